The van der Waals surface area contributed by atoms with E-state index in [0.29, 0.717) is 12.2 Å². The predicted octanol–water partition coefficient (Wildman–Crippen LogP) is -1.01. The zero-order valence-electron chi connectivity index (χ0n) is 6.51. The maximum atomic E-state index is 9.47. The lowest BCUT2D eigenvalue weighted by Gasteiger charge is -2.19. The quantitative estimate of drug-likeness (QED) is 0.487. The second-order valence-electron chi connectivity index (χ2n) is 2.99. The lowest BCUT2D eigenvalue weighted by molar-refractivity contribution is -0.241. The Labute approximate surface area is 68.8 Å². The molecule has 0 unspecified atom stereocenters. The van der Waals surface area contributed by atoms with Gasteiger partial charge in [0.25, 0.3) is 5.91 Å². The number of hydrogen-bond donors (Lipinski definition) is 2. The molecule has 1 aliphatic heterocycles. The van der Waals surface area contributed by atoms with E-state index in [1.165, 1.54) is 0 Å². The molecule has 0 saturated heterocycles. The van der Waals surface area contributed by atoms with Gasteiger partial charge in [0.1, 0.15) is 0 Å². The summed E-state index contributed by atoms with van der Waals surface area (Å²) in [4.78, 5) is 0. The summed E-state index contributed by atoms with van der Waals surface area (Å²) in [5, 5.41) is 29.5. The molecule has 0 bridgehead atoms. The molecule has 1 aromatic rings. The summed E-state index contributed by atoms with van der Waals surface area (Å²) in [6, 6.07) is 0. The van der Waals surface area contributed by atoms with Gasteiger partial charge in [-0.15, -0.1) is 5.10 Å². The normalized spacial score (nSPS) is 21.5. The third kappa shape index (κ3) is 1.09. The molecule has 1 aliphatic rings. The minimum absolute atomic E-state index is 0.283. The number of tetrazole rings is 1. The summed E-state index contributed by atoms with van der Waals surface area (Å²) in [5.41, 5.74) is 0. The first-order valence-electron chi connectivity index (χ1n) is 3.93. The van der Waals surface area contributed by atoms with Crippen LogP contribution in [-0.2, 0) is 12.3 Å². The van der Waals surface area contributed by atoms with Crippen LogP contribution < -0.4 is 0 Å². The summed E-state index contributed by atoms with van der Waals surface area (Å²) >= 11 is 0. The molecule has 2 N–H and O–H groups in total. The highest BCUT2D eigenvalue weighted by atomic mass is 16.5. The van der Waals surface area contributed by atoms with Gasteiger partial charge < -0.3 is 10.2 Å². The summed E-state index contributed by atoms with van der Waals surface area (Å²) in [6.45, 7) is 0. The van der Waals surface area contributed by atoms with Gasteiger partial charge in [0.2, 0.25) is 0 Å². The fourth-order valence-corrected chi connectivity index (χ4v) is 1.39. The Morgan fingerprint density at radius 3 is 3.00 bits per heavy atom. The van der Waals surface area contributed by atoms with Crippen molar-refractivity contribution in [2.45, 2.75) is 31.6 Å². The third-order valence-corrected chi connectivity index (χ3v) is 2.04. The minimum Gasteiger partial charge on any atom is -0.347 e. The number of nitrogens with zero attached hydrogens (tertiary/aromatic N) is 4. The largest absolute Gasteiger partial charge is 0.347 e. The van der Waals surface area contributed by atoms with Crippen molar-refractivity contribution in [2.24, 2.45) is 0 Å². The molecule has 0 amide bonds. The van der Waals surface area contributed by atoms with Gasteiger partial charge in [-0.1, -0.05) is 0 Å². The van der Waals surface area contributed by atoms with Crippen LogP contribution in [0.15, 0.2) is 0 Å². The Morgan fingerprint density at radius 2 is 2.17 bits per heavy atom. The predicted molar refractivity (Wildman–Crippen MR) is 37.8 cm³/mol. The molecule has 66 valence electrons. The van der Waals surface area contributed by atoms with E-state index in [4.69, 9.17) is 0 Å². The van der Waals surface area contributed by atoms with Crippen molar-refractivity contribution >= 4 is 0 Å². The van der Waals surface area contributed by atoms with Crippen molar-refractivity contribution < 1.29 is 10.2 Å². The molecule has 0 atom stereocenters. The topological polar surface area (TPSA) is 84.1 Å². The molecule has 1 aromatic heterocycles. The standard InChI is InChI=1S/C6H10N4O2/c11-6(12)4-2-1-3-5-7-8-9-10(5)6/h11-12H,1-4H2. The van der Waals surface area contributed by atoms with Gasteiger partial charge in [-0.05, 0) is 23.3 Å². The van der Waals surface area contributed by atoms with Crippen molar-refractivity contribution in [1.29, 1.82) is 0 Å². The highest BCUT2D eigenvalue weighted by Gasteiger charge is 2.31. The summed E-state index contributed by atoms with van der Waals surface area (Å²) in [6.07, 6.45) is 2.64. The van der Waals surface area contributed by atoms with Crippen LogP contribution >= 0.6 is 0 Å². The van der Waals surface area contributed by atoms with Gasteiger partial charge in [0.15, 0.2) is 5.82 Å². The van der Waals surface area contributed by atoms with E-state index < -0.39 is 5.91 Å². The number of hydrogen-bond acceptors (Lipinski definition) is 5. The number of aliphatic hydroxyl groups is 2. The van der Waals surface area contributed by atoms with Crippen LogP contribution in [0.5, 0.6) is 0 Å². The van der Waals surface area contributed by atoms with Gasteiger partial charge >= 0.3 is 0 Å². The van der Waals surface area contributed by atoms with Gasteiger partial charge in [-0.25, -0.2) is 0 Å². The number of rotatable bonds is 0. The summed E-state index contributed by atoms with van der Waals surface area (Å²) in [7, 11) is 0. The fraction of sp³-hybridized carbons (Fsp3) is 0.833. The first-order valence-corrected chi connectivity index (χ1v) is 3.93. The molecule has 6 nitrogen and oxygen atoms in total. The van der Waals surface area contributed by atoms with Gasteiger partial charge in [-0.3, -0.25) is 0 Å². The average Bonchev–Trinajstić information content (AvgIpc) is 2.42. The number of aromatic nitrogens is 4. The Hall–Kier alpha value is -1.01. The first-order chi connectivity index (χ1) is 5.70. The van der Waals surface area contributed by atoms with E-state index in [-0.39, 0.29) is 6.42 Å². The molecular weight excluding hydrogens is 160 g/mol. The number of aryl methyl sites for hydroxylation is 1. The molecule has 0 fully saturated rings. The highest BCUT2D eigenvalue weighted by molar-refractivity contribution is 4.86. The zero-order valence-corrected chi connectivity index (χ0v) is 6.51. The Bertz CT molecular complexity index is 283. The van der Waals surface area contributed by atoms with Crippen LogP contribution in [-0.4, -0.2) is 30.4 Å². The van der Waals surface area contributed by atoms with E-state index in [2.05, 4.69) is 15.5 Å². The molecule has 0 aliphatic carbocycles. The van der Waals surface area contributed by atoms with Crippen molar-refractivity contribution in [3.05, 3.63) is 5.82 Å². The Balaban J connectivity index is 2.43. The SMILES string of the molecule is OC1(O)CCCCc2nnnn21. The highest BCUT2D eigenvalue weighted by Crippen LogP contribution is 2.22. The molecular formula is C6H10N4O2. The lowest BCUT2D eigenvalue weighted by Crippen LogP contribution is -2.34. The molecule has 0 radical (unpaired) electrons. The first kappa shape index (κ1) is 7.63. The van der Waals surface area contributed by atoms with Crippen molar-refractivity contribution in [2.75, 3.05) is 0 Å². The molecule has 0 spiro atoms. The third-order valence-electron chi connectivity index (χ3n) is 2.04. The van der Waals surface area contributed by atoms with E-state index in [1.54, 1.807) is 0 Å². The van der Waals surface area contributed by atoms with Crippen LogP contribution in [0.1, 0.15) is 25.1 Å². The van der Waals surface area contributed by atoms with Crippen LogP contribution in [0, 0.1) is 0 Å². The molecule has 0 aromatic carbocycles. The van der Waals surface area contributed by atoms with Crippen molar-refractivity contribution in [3.8, 4) is 0 Å². The van der Waals surface area contributed by atoms with Gasteiger partial charge in [0, 0.05) is 12.8 Å². The zero-order chi connectivity index (χ0) is 8.60. The molecule has 6 heteroatoms. The monoisotopic (exact) mass is 170 g/mol. The smallest absolute Gasteiger partial charge is 0.269 e. The average molecular weight is 170 g/mol. The van der Waals surface area contributed by atoms with Gasteiger partial charge in [-0.2, -0.15) is 4.68 Å². The van der Waals surface area contributed by atoms with Gasteiger partial charge in [0.05, 0.1) is 0 Å². The van der Waals surface area contributed by atoms with Crippen LogP contribution in [0.3, 0.4) is 0 Å². The van der Waals surface area contributed by atoms with E-state index >= 15 is 0 Å². The minimum atomic E-state index is -1.89. The Kier molecular flexibility index (Phi) is 1.59. The molecule has 2 rings (SSSR count). The molecule has 2 heterocycles. The van der Waals surface area contributed by atoms with Crippen LogP contribution in [0.4, 0.5) is 0 Å². The second kappa shape index (κ2) is 2.49. The maximum absolute atomic E-state index is 9.47. The van der Waals surface area contributed by atoms with E-state index in [1.807, 2.05) is 0 Å². The lowest BCUT2D eigenvalue weighted by atomic mass is 10.2. The Morgan fingerprint density at radius 1 is 1.33 bits per heavy atom. The number of fused-ring (bicyclic) bond motifs is 1. The fourth-order valence-electron chi connectivity index (χ4n) is 1.39. The van der Waals surface area contributed by atoms with Crippen LogP contribution in [0.25, 0.3) is 0 Å². The molecule has 12 heavy (non-hydrogen) atoms. The van der Waals surface area contributed by atoms with Crippen molar-refractivity contribution in [1.82, 2.24) is 20.2 Å². The maximum Gasteiger partial charge on any atom is 0.269 e. The second-order valence-corrected chi connectivity index (χ2v) is 2.99. The molecule has 0 saturated carbocycles. The summed E-state index contributed by atoms with van der Waals surface area (Å²) in [5.74, 6) is -1.35. The summed E-state index contributed by atoms with van der Waals surface area (Å²) < 4.78 is 1.08. The van der Waals surface area contributed by atoms with Crippen LogP contribution in [0.2, 0.25) is 0 Å². The van der Waals surface area contributed by atoms with E-state index in [9.17, 15) is 10.2 Å². The van der Waals surface area contributed by atoms with E-state index in [0.717, 1.165) is 17.5 Å². The van der Waals surface area contributed by atoms with Crippen molar-refractivity contribution in [3.63, 3.8) is 0 Å².